The molecule has 1 aromatic heterocycles. The first-order valence-corrected chi connectivity index (χ1v) is 11.2. The second kappa shape index (κ2) is 9.49. The highest BCUT2D eigenvalue weighted by Gasteiger charge is 2.34. The van der Waals surface area contributed by atoms with Gasteiger partial charge in [-0.2, -0.15) is 0 Å². The van der Waals surface area contributed by atoms with Crippen LogP contribution in [0.25, 0.3) is 0 Å². The summed E-state index contributed by atoms with van der Waals surface area (Å²) >= 11 is 1.44. The number of para-hydroxylation sites is 1. The molecule has 1 N–H and O–H groups in total. The van der Waals surface area contributed by atoms with Gasteiger partial charge >= 0.3 is 0 Å². The Morgan fingerprint density at radius 1 is 1.23 bits per heavy atom. The van der Waals surface area contributed by atoms with E-state index in [1.54, 1.807) is 7.11 Å². The van der Waals surface area contributed by atoms with Crippen LogP contribution >= 0.6 is 11.3 Å². The van der Waals surface area contributed by atoms with E-state index in [1.807, 2.05) is 59.7 Å². The fourth-order valence-electron chi connectivity index (χ4n) is 3.43. The Balaban J connectivity index is 1.57. The maximum atomic E-state index is 13.2. The van der Waals surface area contributed by atoms with E-state index in [2.05, 4.69) is 4.98 Å². The van der Waals surface area contributed by atoms with E-state index in [-0.39, 0.29) is 25.2 Å². The standard InChI is InChI=1S/C24H26N2O4S/c1-16-6-8-17(9-7-16)24(28)26(20-10-11-20)12-18-4-3-5-21(29-2)23(18)30-14-22-25-19(13-27)15-31-22/h3-9,15,20,27H,10-14H2,1-2H3. The summed E-state index contributed by atoms with van der Waals surface area (Å²) in [6.45, 7) is 2.64. The third kappa shape index (κ3) is 5.06. The van der Waals surface area contributed by atoms with Crippen molar-refractivity contribution in [1.29, 1.82) is 0 Å². The number of hydrogen-bond donors (Lipinski definition) is 1. The number of carbonyl (C=O) groups is 1. The number of methoxy groups -OCH3 is 1. The smallest absolute Gasteiger partial charge is 0.254 e. The summed E-state index contributed by atoms with van der Waals surface area (Å²) in [5.41, 5.74) is 3.35. The summed E-state index contributed by atoms with van der Waals surface area (Å²) in [6, 6.07) is 13.7. The van der Waals surface area contributed by atoms with Gasteiger partial charge in [-0.1, -0.05) is 29.8 Å². The number of aryl methyl sites for hydroxylation is 1. The van der Waals surface area contributed by atoms with Crippen molar-refractivity contribution in [1.82, 2.24) is 9.88 Å². The number of amides is 1. The van der Waals surface area contributed by atoms with Gasteiger partial charge in [0.1, 0.15) is 11.6 Å². The van der Waals surface area contributed by atoms with Gasteiger partial charge in [0.25, 0.3) is 5.91 Å². The van der Waals surface area contributed by atoms with Crippen LogP contribution in [0.3, 0.4) is 0 Å². The highest BCUT2D eigenvalue weighted by Crippen LogP contribution is 2.36. The number of ether oxygens (including phenoxy) is 2. The average molecular weight is 439 g/mol. The number of benzene rings is 2. The minimum absolute atomic E-state index is 0.0313. The van der Waals surface area contributed by atoms with Crippen molar-refractivity contribution in [2.45, 2.75) is 45.6 Å². The molecule has 1 saturated carbocycles. The molecule has 3 aromatic rings. The molecule has 0 spiro atoms. The Kier molecular flexibility index (Phi) is 6.53. The minimum atomic E-state index is -0.0894. The van der Waals surface area contributed by atoms with Crippen molar-refractivity contribution >= 4 is 17.2 Å². The van der Waals surface area contributed by atoms with E-state index in [0.717, 1.165) is 29.0 Å². The van der Waals surface area contributed by atoms with Gasteiger partial charge in [-0.3, -0.25) is 4.79 Å². The van der Waals surface area contributed by atoms with Crippen LogP contribution in [0, 0.1) is 6.92 Å². The normalized spacial score (nSPS) is 13.1. The van der Waals surface area contributed by atoms with Gasteiger partial charge in [-0.15, -0.1) is 11.3 Å². The molecule has 2 aromatic carbocycles. The largest absolute Gasteiger partial charge is 0.493 e. The van der Waals surface area contributed by atoms with Gasteiger partial charge < -0.3 is 19.5 Å². The first-order valence-electron chi connectivity index (χ1n) is 10.3. The summed E-state index contributed by atoms with van der Waals surface area (Å²) < 4.78 is 11.6. The minimum Gasteiger partial charge on any atom is -0.493 e. The number of nitrogens with zero attached hydrogens (tertiary/aromatic N) is 2. The lowest BCUT2D eigenvalue weighted by molar-refractivity contribution is 0.0728. The molecule has 0 unspecified atom stereocenters. The molecule has 0 radical (unpaired) electrons. The van der Waals surface area contributed by atoms with Crippen LogP contribution in [0.15, 0.2) is 47.8 Å². The third-order valence-corrected chi connectivity index (χ3v) is 6.14. The van der Waals surface area contributed by atoms with Gasteiger partial charge in [0.05, 0.1) is 26.0 Å². The molecule has 1 fully saturated rings. The van der Waals surface area contributed by atoms with Crippen LogP contribution in [-0.2, 0) is 19.8 Å². The quantitative estimate of drug-likeness (QED) is 0.538. The first-order chi connectivity index (χ1) is 15.1. The molecule has 0 atom stereocenters. The highest BCUT2D eigenvalue weighted by atomic mass is 32.1. The van der Waals surface area contributed by atoms with E-state index >= 15 is 0 Å². The number of aliphatic hydroxyl groups is 1. The zero-order chi connectivity index (χ0) is 21.8. The number of rotatable bonds is 9. The molecule has 1 aliphatic rings. The average Bonchev–Trinajstić information content (AvgIpc) is 3.53. The molecule has 0 bridgehead atoms. The van der Waals surface area contributed by atoms with Gasteiger partial charge in [0.2, 0.25) is 0 Å². The molecule has 162 valence electrons. The zero-order valence-corrected chi connectivity index (χ0v) is 18.5. The molecular weight excluding hydrogens is 412 g/mol. The van der Waals surface area contributed by atoms with Crippen LogP contribution in [0.4, 0.5) is 0 Å². The second-order valence-corrected chi connectivity index (χ2v) is 8.60. The van der Waals surface area contributed by atoms with Crippen molar-refractivity contribution < 1.29 is 19.4 Å². The Morgan fingerprint density at radius 2 is 2.00 bits per heavy atom. The van der Waals surface area contributed by atoms with E-state index in [0.29, 0.717) is 29.3 Å². The van der Waals surface area contributed by atoms with Gasteiger partial charge in [0.15, 0.2) is 11.5 Å². The zero-order valence-electron chi connectivity index (χ0n) is 17.7. The molecule has 1 amide bonds. The molecule has 4 rings (SSSR count). The lowest BCUT2D eigenvalue weighted by atomic mass is 10.1. The summed E-state index contributed by atoms with van der Waals surface area (Å²) in [6.07, 6.45) is 2.03. The van der Waals surface area contributed by atoms with Crippen LogP contribution in [0.5, 0.6) is 11.5 Å². The maximum Gasteiger partial charge on any atom is 0.254 e. The Hall–Kier alpha value is -2.90. The fourth-order valence-corrected chi connectivity index (χ4v) is 4.13. The molecular formula is C24H26N2O4S. The molecule has 1 aliphatic carbocycles. The number of aliphatic hydroxyl groups excluding tert-OH is 1. The van der Waals surface area contributed by atoms with Crippen LogP contribution < -0.4 is 9.47 Å². The summed E-state index contributed by atoms with van der Waals surface area (Å²) in [4.78, 5) is 19.5. The Morgan fingerprint density at radius 3 is 2.65 bits per heavy atom. The highest BCUT2D eigenvalue weighted by molar-refractivity contribution is 7.09. The molecule has 0 aliphatic heterocycles. The maximum absolute atomic E-state index is 13.2. The number of aromatic nitrogens is 1. The van der Waals surface area contributed by atoms with E-state index in [1.165, 1.54) is 11.3 Å². The van der Waals surface area contributed by atoms with E-state index in [4.69, 9.17) is 9.47 Å². The monoisotopic (exact) mass is 438 g/mol. The molecule has 1 heterocycles. The molecule has 31 heavy (non-hydrogen) atoms. The Bertz CT molecular complexity index is 1040. The number of carbonyl (C=O) groups excluding carboxylic acids is 1. The van der Waals surface area contributed by atoms with Gasteiger partial charge in [-0.05, 0) is 38.0 Å². The fraction of sp³-hybridized carbons (Fsp3) is 0.333. The number of hydrogen-bond acceptors (Lipinski definition) is 6. The van der Waals surface area contributed by atoms with Gasteiger partial charge in [0, 0.05) is 22.5 Å². The van der Waals surface area contributed by atoms with Crippen LogP contribution in [0.1, 0.15) is 45.0 Å². The second-order valence-electron chi connectivity index (χ2n) is 7.66. The predicted molar refractivity (Wildman–Crippen MR) is 119 cm³/mol. The Labute approximate surface area is 186 Å². The van der Waals surface area contributed by atoms with E-state index < -0.39 is 0 Å². The lowest BCUT2D eigenvalue weighted by Gasteiger charge is -2.24. The molecule has 0 saturated heterocycles. The van der Waals surface area contributed by atoms with E-state index in [9.17, 15) is 9.90 Å². The van der Waals surface area contributed by atoms with Gasteiger partial charge in [-0.25, -0.2) is 4.98 Å². The van der Waals surface area contributed by atoms with Crippen molar-refractivity contribution in [2.75, 3.05) is 7.11 Å². The number of thiazole rings is 1. The predicted octanol–water partition coefficient (Wildman–Crippen LogP) is 4.34. The molecule has 7 heteroatoms. The summed E-state index contributed by atoms with van der Waals surface area (Å²) in [5, 5.41) is 11.8. The van der Waals surface area contributed by atoms with Crippen LogP contribution in [0.2, 0.25) is 0 Å². The van der Waals surface area contributed by atoms with Crippen LogP contribution in [-0.4, -0.2) is 34.0 Å². The topological polar surface area (TPSA) is 71.9 Å². The SMILES string of the molecule is COc1cccc(CN(C(=O)c2ccc(C)cc2)C2CC2)c1OCc1nc(CO)cs1. The van der Waals surface area contributed by atoms with Crippen molar-refractivity contribution in [3.8, 4) is 11.5 Å². The lowest BCUT2D eigenvalue weighted by Crippen LogP contribution is -2.32. The first kappa shape index (κ1) is 21.3. The summed E-state index contributed by atoms with van der Waals surface area (Å²) in [5.74, 6) is 1.27. The molecule has 6 nitrogen and oxygen atoms in total. The van der Waals surface area contributed by atoms with Crippen molar-refractivity contribution in [3.05, 3.63) is 75.2 Å². The third-order valence-electron chi connectivity index (χ3n) is 5.27. The summed E-state index contributed by atoms with van der Waals surface area (Å²) in [7, 11) is 1.61. The van der Waals surface area contributed by atoms with Crippen molar-refractivity contribution in [3.63, 3.8) is 0 Å². The van der Waals surface area contributed by atoms with Crippen molar-refractivity contribution in [2.24, 2.45) is 0 Å².